The topological polar surface area (TPSA) is 60.7 Å². The molecule has 6 rings (SSSR count). The van der Waals surface area contributed by atoms with Gasteiger partial charge in [-0.05, 0) is 41.6 Å². The number of fused-ring (bicyclic) bond motifs is 2. The van der Waals surface area contributed by atoms with Crippen LogP contribution in [0.15, 0.2) is 90.1 Å². The Balaban J connectivity index is 1.43. The molecule has 144 valence electrons. The molecule has 30 heavy (non-hydrogen) atoms. The molecule has 1 aliphatic carbocycles. The van der Waals surface area contributed by atoms with Gasteiger partial charge >= 0.3 is 0 Å². The molecule has 0 aliphatic heterocycles. The SMILES string of the molecule is O=c1c2c(-c3ccnnc3)cccc2ccn1[C@@H]1C[C@@H]1c1ccc2ccccc2n1. The van der Waals surface area contributed by atoms with Gasteiger partial charge in [0.2, 0.25) is 0 Å². The van der Waals surface area contributed by atoms with Gasteiger partial charge in [-0.1, -0.05) is 42.5 Å². The standard InChI is InChI=1S/C25H18N4O/c30-25-24-17(5-3-6-19(24)18-10-12-26-27-15-18)11-13-29(25)23-14-20(23)22-9-8-16-4-1-2-7-21(16)28-22/h1-13,15,20,23H,14H2/t20-,23-/m1/s1. The Morgan fingerprint density at radius 1 is 0.867 bits per heavy atom. The molecule has 0 unspecified atom stereocenters. The maximum atomic E-state index is 13.5. The van der Waals surface area contributed by atoms with Crippen LogP contribution in [0.1, 0.15) is 24.1 Å². The summed E-state index contributed by atoms with van der Waals surface area (Å²) < 4.78 is 1.88. The summed E-state index contributed by atoms with van der Waals surface area (Å²) in [6.45, 7) is 0. The van der Waals surface area contributed by atoms with Crippen molar-refractivity contribution in [2.24, 2.45) is 0 Å². The van der Waals surface area contributed by atoms with Gasteiger partial charge in [-0.3, -0.25) is 9.78 Å². The number of rotatable bonds is 3. The Morgan fingerprint density at radius 2 is 1.77 bits per heavy atom. The summed E-state index contributed by atoms with van der Waals surface area (Å²) in [7, 11) is 0. The van der Waals surface area contributed by atoms with E-state index in [1.165, 1.54) is 0 Å². The Kier molecular flexibility index (Phi) is 3.74. The van der Waals surface area contributed by atoms with Gasteiger partial charge in [0.25, 0.3) is 5.56 Å². The third kappa shape index (κ3) is 2.70. The second kappa shape index (κ2) is 6.59. The van der Waals surface area contributed by atoms with Crippen LogP contribution in [0, 0.1) is 0 Å². The highest BCUT2D eigenvalue weighted by molar-refractivity contribution is 5.95. The average molecular weight is 390 g/mol. The molecular formula is C25H18N4O. The maximum Gasteiger partial charge on any atom is 0.259 e. The molecule has 5 heteroatoms. The third-order valence-corrected chi connectivity index (χ3v) is 5.97. The molecule has 5 nitrogen and oxygen atoms in total. The summed E-state index contributed by atoms with van der Waals surface area (Å²) in [6, 6.07) is 22.3. The number of hydrogen-bond donors (Lipinski definition) is 0. The van der Waals surface area contributed by atoms with E-state index in [1.807, 2.05) is 59.3 Å². The minimum absolute atomic E-state index is 0.0354. The van der Waals surface area contributed by atoms with E-state index in [0.29, 0.717) is 0 Å². The van der Waals surface area contributed by atoms with E-state index < -0.39 is 0 Å². The van der Waals surface area contributed by atoms with Gasteiger partial charge in [0.05, 0.1) is 23.3 Å². The highest BCUT2D eigenvalue weighted by atomic mass is 16.1. The van der Waals surface area contributed by atoms with E-state index in [4.69, 9.17) is 4.98 Å². The van der Waals surface area contributed by atoms with E-state index >= 15 is 0 Å². The quantitative estimate of drug-likeness (QED) is 0.447. The van der Waals surface area contributed by atoms with E-state index in [0.717, 1.165) is 44.9 Å². The molecule has 0 radical (unpaired) electrons. The molecule has 3 heterocycles. The van der Waals surface area contributed by atoms with Gasteiger partial charge in [-0.15, -0.1) is 0 Å². The lowest BCUT2D eigenvalue weighted by molar-refractivity contribution is 0.688. The summed E-state index contributed by atoms with van der Waals surface area (Å²) in [5, 5.41) is 10.6. The summed E-state index contributed by atoms with van der Waals surface area (Å²) in [5.74, 6) is 0.263. The summed E-state index contributed by atoms with van der Waals surface area (Å²) in [4.78, 5) is 18.3. The number of hydrogen-bond acceptors (Lipinski definition) is 4. The van der Waals surface area contributed by atoms with Crippen LogP contribution in [0.25, 0.3) is 32.8 Å². The molecular weight excluding hydrogens is 372 g/mol. The molecule has 0 N–H and O–H groups in total. The zero-order chi connectivity index (χ0) is 20.1. The van der Waals surface area contributed by atoms with Crippen LogP contribution in [0.2, 0.25) is 0 Å². The van der Waals surface area contributed by atoms with E-state index in [1.54, 1.807) is 12.4 Å². The fraction of sp³-hybridized carbons (Fsp3) is 0.120. The lowest BCUT2D eigenvalue weighted by atomic mass is 10.0. The van der Waals surface area contributed by atoms with E-state index in [2.05, 4.69) is 28.4 Å². The zero-order valence-electron chi connectivity index (χ0n) is 16.1. The average Bonchev–Trinajstić information content (AvgIpc) is 3.60. The Labute approximate surface area is 172 Å². The van der Waals surface area contributed by atoms with Crippen molar-refractivity contribution in [2.45, 2.75) is 18.4 Å². The van der Waals surface area contributed by atoms with Crippen molar-refractivity contribution in [2.75, 3.05) is 0 Å². The first-order chi connectivity index (χ1) is 14.8. The summed E-state index contributed by atoms with van der Waals surface area (Å²) in [6.07, 6.45) is 6.20. The predicted octanol–water partition coefficient (Wildman–Crippen LogP) is 4.74. The summed E-state index contributed by atoms with van der Waals surface area (Å²) in [5.41, 5.74) is 3.88. The second-order valence-electron chi connectivity index (χ2n) is 7.77. The highest BCUT2D eigenvalue weighted by Crippen LogP contribution is 2.50. The molecule has 2 aromatic carbocycles. The molecule has 2 atom stereocenters. The first-order valence-corrected chi connectivity index (χ1v) is 10.1. The minimum Gasteiger partial charge on any atom is -0.311 e. The van der Waals surface area contributed by atoms with Gasteiger partial charge in [-0.2, -0.15) is 10.2 Å². The molecule has 0 saturated heterocycles. The number of aromatic nitrogens is 4. The van der Waals surface area contributed by atoms with Gasteiger partial charge in [0.1, 0.15) is 0 Å². The van der Waals surface area contributed by atoms with Gasteiger partial charge < -0.3 is 4.57 Å². The molecule has 3 aromatic heterocycles. The Hall–Kier alpha value is -3.86. The number of benzene rings is 2. The van der Waals surface area contributed by atoms with Crippen LogP contribution in [0.4, 0.5) is 0 Å². The van der Waals surface area contributed by atoms with Crippen molar-refractivity contribution >= 4 is 21.7 Å². The van der Waals surface area contributed by atoms with Crippen LogP contribution >= 0.6 is 0 Å². The van der Waals surface area contributed by atoms with E-state index in [-0.39, 0.29) is 17.5 Å². The van der Waals surface area contributed by atoms with Crippen molar-refractivity contribution in [3.63, 3.8) is 0 Å². The normalized spacial score (nSPS) is 18.0. The van der Waals surface area contributed by atoms with Crippen LogP contribution in [0.3, 0.4) is 0 Å². The van der Waals surface area contributed by atoms with Gasteiger partial charge in [-0.25, -0.2) is 0 Å². The predicted molar refractivity (Wildman–Crippen MR) is 117 cm³/mol. The van der Waals surface area contributed by atoms with Crippen molar-refractivity contribution in [1.82, 2.24) is 19.7 Å². The fourth-order valence-electron chi connectivity index (χ4n) is 4.35. The molecule has 1 aliphatic rings. The van der Waals surface area contributed by atoms with Crippen LogP contribution in [-0.2, 0) is 0 Å². The monoisotopic (exact) mass is 390 g/mol. The molecule has 5 aromatic rings. The lowest BCUT2D eigenvalue weighted by Crippen LogP contribution is -2.19. The smallest absolute Gasteiger partial charge is 0.259 e. The molecule has 0 amide bonds. The number of nitrogens with zero attached hydrogens (tertiary/aromatic N) is 4. The van der Waals surface area contributed by atoms with Gasteiger partial charge in [0.15, 0.2) is 0 Å². The maximum absolute atomic E-state index is 13.5. The molecule has 0 spiro atoms. The van der Waals surface area contributed by atoms with Crippen LogP contribution < -0.4 is 5.56 Å². The first kappa shape index (κ1) is 17.0. The fourth-order valence-corrected chi connectivity index (χ4v) is 4.35. The van der Waals surface area contributed by atoms with E-state index in [9.17, 15) is 4.79 Å². The Morgan fingerprint density at radius 3 is 2.67 bits per heavy atom. The van der Waals surface area contributed by atoms with Gasteiger partial charge in [0, 0.05) is 34.8 Å². The second-order valence-corrected chi connectivity index (χ2v) is 7.77. The van der Waals surface area contributed by atoms with Crippen LogP contribution in [0.5, 0.6) is 0 Å². The minimum atomic E-state index is 0.0354. The largest absolute Gasteiger partial charge is 0.311 e. The summed E-state index contributed by atoms with van der Waals surface area (Å²) >= 11 is 0. The highest BCUT2D eigenvalue weighted by Gasteiger charge is 2.41. The zero-order valence-corrected chi connectivity index (χ0v) is 16.1. The third-order valence-electron chi connectivity index (χ3n) is 5.97. The Bertz CT molecular complexity index is 1460. The van der Waals surface area contributed by atoms with Crippen molar-refractivity contribution < 1.29 is 0 Å². The lowest BCUT2D eigenvalue weighted by Gasteiger charge is -2.10. The molecule has 0 bridgehead atoms. The first-order valence-electron chi connectivity index (χ1n) is 10.1. The van der Waals surface area contributed by atoms with Crippen molar-refractivity contribution in [3.8, 4) is 11.1 Å². The van der Waals surface area contributed by atoms with Crippen molar-refractivity contribution in [1.29, 1.82) is 0 Å². The molecule has 1 fully saturated rings. The number of para-hydroxylation sites is 1. The number of pyridine rings is 2. The van der Waals surface area contributed by atoms with Crippen molar-refractivity contribution in [3.05, 3.63) is 101 Å². The van der Waals surface area contributed by atoms with Crippen LogP contribution in [-0.4, -0.2) is 19.7 Å². The molecule has 1 saturated carbocycles.